The van der Waals surface area contributed by atoms with Gasteiger partial charge in [-0.25, -0.2) is 0 Å². The third-order valence-electron chi connectivity index (χ3n) is 2.00. The number of nitrogens with zero attached hydrogens (tertiary/aromatic N) is 1. The normalized spacial score (nSPS) is 17.2. The summed E-state index contributed by atoms with van der Waals surface area (Å²) in [6.45, 7) is 2.01. The molecule has 0 saturated heterocycles. The van der Waals surface area contributed by atoms with Crippen LogP contribution in [0.15, 0.2) is 24.3 Å². The van der Waals surface area contributed by atoms with Crippen LogP contribution in [0.2, 0.25) is 0 Å². The Morgan fingerprint density at radius 3 is 3.09 bits per heavy atom. The summed E-state index contributed by atoms with van der Waals surface area (Å²) >= 11 is 0. The third kappa shape index (κ3) is 1.21. The lowest BCUT2D eigenvalue weighted by atomic mass is 10.1. The van der Waals surface area contributed by atoms with Crippen LogP contribution in [0, 0.1) is 0 Å². The molecule has 0 atom stereocenters. The molecule has 2 nitrogen and oxygen atoms in total. The maximum Gasteiger partial charge on any atom is 0.0678 e. The van der Waals surface area contributed by atoms with Crippen molar-refractivity contribution in [1.29, 1.82) is 0 Å². The van der Waals surface area contributed by atoms with Crippen molar-refractivity contribution in [3.8, 4) is 0 Å². The second kappa shape index (κ2) is 2.55. The number of benzene rings is 1. The summed E-state index contributed by atoms with van der Waals surface area (Å²) in [5.41, 5.74) is 2.67. The Balaban J connectivity index is 2.34. The van der Waals surface area contributed by atoms with Gasteiger partial charge >= 0.3 is 0 Å². The number of hydrogen-bond donors (Lipinski definition) is 1. The van der Waals surface area contributed by atoms with Gasteiger partial charge in [0.05, 0.1) is 6.67 Å². The van der Waals surface area contributed by atoms with E-state index < -0.39 is 0 Å². The Kier molecular flexibility index (Phi) is 1.55. The minimum atomic E-state index is 0.955. The van der Waals surface area contributed by atoms with Gasteiger partial charge in [-0.05, 0) is 18.7 Å². The van der Waals surface area contributed by atoms with Crippen molar-refractivity contribution < 1.29 is 0 Å². The fourth-order valence-electron chi connectivity index (χ4n) is 1.40. The molecular formula is C9H12N2. The summed E-state index contributed by atoms with van der Waals surface area (Å²) in [6, 6.07) is 8.44. The zero-order chi connectivity index (χ0) is 7.68. The Labute approximate surface area is 66.8 Å². The molecular weight excluding hydrogens is 136 g/mol. The molecule has 1 N–H and O–H groups in total. The first-order valence-electron chi connectivity index (χ1n) is 3.86. The van der Waals surface area contributed by atoms with Crippen molar-refractivity contribution in [1.82, 2.24) is 4.90 Å². The first kappa shape index (κ1) is 6.68. The molecule has 58 valence electrons. The van der Waals surface area contributed by atoms with Crippen LogP contribution in [-0.4, -0.2) is 18.6 Å². The Morgan fingerprint density at radius 1 is 1.36 bits per heavy atom. The van der Waals surface area contributed by atoms with Crippen LogP contribution in [0.1, 0.15) is 5.56 Å². The van der Waals surface area contributed by atoms with Gasteiger partial charge in [0.1, 0.15) is 0 Å². The second-order valence-corrected chi connectivity index (χ2v) is 3.01. The fourth-order valence-corrected chi connectivity index (χ4v) is 1.40. The predicted molar refractivity (Wildman–Crippen MR) is 46.4 cm³/mol. The van der Waals surface area contributed by atoms with Crippen molar-refractivity contribution in [2.75, 3.05) is 19.0 Å². The highest BCUT2D eigenvalue weighted by atomic mass is 15.2. The molecule has 1 aliphatic heterocycles. The average Bonchev–Trinajstić information content (AvgIpc) is 2.04. The minimum Gasteiger partial charge on any atom is -0.372 e. The lowest BCUT2D eigenvalue weighted by molar-refractivity contribution is 0.340. The van der Waals surface area contributed by atoms with Crippen molar-refractivity contribution in [2.24, 2.45) is 0 Å². The van der Waals surface area contributed by atoms with E-state index in [1.165, 1.54) is 11.3 Å². The van der Waals surface area contributed by atoms with Crippen molar-refractivity contribution >= 4 is 5.69 Å². The van der Waals surface area contributed by atoms with Gasteiger partial charge in [-0.3, -0.25) is 4.90 Å². The van der Waals surface area contributed by atoms with Gasteiger partial charge in [-0.15, -0.1) is 0 Å². The van der Waals surface area contributed by atoms with E-state index in [1.54, 1.807) is 0 Å². The van der Waals surface area contributed by atoms with E-state index in [0.29, 0.717) is 0 Å². The maximum atomic E-state index is 3.34. The van der Waals surface area contributed by atoms with E-state index in [0.717, 1.165) is 13.2 Å². The topological polar surface area (TPSA) is 15.3 Å². The number of hydrogen-bond acceptors (Lipinski definition) is 2. The smallest absolute Gasteiger partial charge is 0.0678 e. The summed E-state index contributed by atoms with van der Waals surface area (Å²) in [5.74, 6) is 0. The van der Waals surface area contributed by atoms with Gasteiger partial charge in [-0.2, -0.15) is 0 Å². The molecule has 0 fully saturated rings. The fraction of sp³-hybridized carbons (Fsp3) is 0.333. The largest absolute Gasteiger partial charge is 0.372 e. The Hall–Kier alpha value is -1.02. The van der Waals surface area contributed by atoms with Gasteiger partial charge in [0.2, 0.25) is 0 Å². The quantitative estimate of drug-likeness (QED) is 0.599. The van der Waals surface area contributed by atoms with Crippen LogP contribution in [-0.2, 0) is 6.54 Å². The highest BCUT2D eigenvalue weighted by Gasteiger charge is 2.09. The van der Waals surface area contributed by atoms with Gasteiger partial charge in [0.25, 0.3) is 0 Å². The molecule has 0 unspecified atom stereocenters. The van der Waals surface area contributed by atoms with Gasteiger partial charge in [0, 0.05) is 12.2 Å². The van der Waals surface area contributed by atoms with E-state index >= 15 is 0 Å². The van der Waals surface area contributed by atoms with Crippen LogP contribution in [0.5, 0.6) is 0 Å². The zero-order valence-corrected chi connectivity index (χ0v) is 6.67. The molecule has 1 aromatic rings. The summed E-state index contributed by atoms with van der Waals surface area (Å²) in [7, 11) is 2.11. The number of nitrogens with one attached hydrogen (secondary N) is 1. The molecule has 1 aromatic carbocycles. The second-order valence-electron chi connectivity index (χ2n) is 3.01. The molecule has 1 aliphatic rings. The highest BCUT2D eigenvalue weighted by Crippen LogP contribution is 2.19. The predicted octanol–water partition coefficient (Wildman–Crippen LogP) is 1.50. The summed E-state index contributed by atoms with van der Waals surface area (Å²) in [4.78, 5) is 2.25. The lowest BCUT2D eigenvalue weighted by Crippen LogP contribution is -2.29. The van der Waals surface area contributed by atoms with Crippen LogP contribution < -0.4 is 5.32 Å². The molecule has 1 heterocycles. The Bertz CT molecular complexity index is 257. The molecule has 0 aliphatic carbocycles. The Morgan fingerprint density at radius 2 is 2.18 bits per heavy atom. The molecule has 2 heteroatoms. The molecule has 0 aromatic heterocycles. The molecule has 0 saturated carbocycles. The maximum absolute atomic E-state index is 3.34. The first-order valence-corrected chi connectivity index (χ1v) is 3.86. The summed E-state index contributed by atoms with van der Waals surface area (Å²) < 4.78 is 0. The average molecular weight is 148 g/mol. The zero-order valence-electron chi connectivity index (χ0n) is 6.67. The van der Waals surface area contributed by atoms with E-state index in [-0.39, 0.29) is 0 Å². The van der Waals surface area contributed by atoms with Crippen molar-refractivity contribution in [2.45, 2.75) is 6.54 Å². The van der Waals surface area contributed by atoms with Crippen LogP contribution in [0.4, 0.5) is 5.69 Å². The molecule has 0 amide bonds. The molecule has 0 bridgehead atoms. The monoisotopic (exact) mass is 148 g/mol. The number of para-hydroxylation sites is 1. The summed E-state index contributed by atoms with van der Waals surface area (Å²) in [5, 5.41) is 3.34. The van der Waals surface area contributed by atoms with Gasteiger partial charge < -0.3 is 5.32 Å². The number of fused-ring (bicyclic) bond motifs is 1. The number of rotatable bonds is 0. The SMILES string of the molecule is CN1CNc2ccccc2C1. The van der Waals surface area contributed by atoms with Crippen molar-refractivity contribution in [3.63, 3.8) is 0 Å². The molecule has 11 heavy (non-hydrogen) atoms. The van der Waals surface area contributed by atoms with E-state index in [9.17, 15) is 0 Å². The van der Waals surface area contributed by atoms with Crippen molar-refractivity contribution in [3.05, 3.63) is 29.8 Å². The number of anilines is 1. The standard InChI is InChI=1S/C9H12N2/c1-11-6-8-4-2-3-5-9(8)10-7-11/h2-5,10H,6-7H2,1H3. The summed E-state index contributed by atoms with van der Waals surface area (Å²) in [6.07, 6.45) is 0. The van der Waals surface area contributed by atoms with E-state index in [2.05, 4.69) is 41.5 Å². The third-order valence-corrected chi connectivity index (χ3v) is 2.00. The molecule has 2 rings (SSSR count). The van der Waals surface area contributed by atoms with Crippen LogP contribution in [0.3, 0.4) is 0 Å². The minimum absolute atomic E-state index is 0.955. The van der Waals surface area contributed by atoms with Gasteiger partial charge in [-0.1, -0.05) is 18.2 Å². The molecule has 0 radical (unpaired) electrons. The first-order chi connectivity index (χ1) is 5.36. The molecule has 0 spiro atoms. The van der Waals surface area contributed by atoms with E-state index in [1.807, 2.05) is 0 Å². The van der Waals surface area contributed by atoms with Gasteiger partial charge in [0.15, 0.2) is 0 Å². The van der Waals surface area contributed by atoms with Crippen LogP contribution in [0.25, 0.3) is 0 Å². The highest BCUT2D eigenvalue weighted by molar-refractivity contribution is 5.52. The van der Waals surface area contributed by atoms with Crippen LogP contribution >= 0.6 is 0 Å². The van der Waals surface area contributed by atoms with E-state index in [4.69, 9.17) is 0 Å². The lowest BCUT2D eigenvalue weighted by Gasteiger charge is -2.26.